The van der Waals surface area contributed by atoms with Crippen LogP contribution in [0.4, 0.5) is 0 Å². The predicted octanol–water partition coefficient (Wildman–Crippen LogP) is 3.67. The Labute approximate surface area is 193 Å². The summed E-state index contributed by atoms with van der Waals surface area (Å²) in [4.78, 5) is 15.2. The zero-order valence-corrected chi connectivity index (χ0v) is 19.3. The Morgan fingerprint density at radius 3 is 2.50 bits per heavy atom. The molecule has 1 fully saturated rings. The molecule has 1 aliphatic rings. The van der Waals surface area contributed by atoms with Crippen LogP contribution in [-0.4, -0.2) is 51.0 Å². The van der Waals surface area contributed by atoms with Crippen molar-refractivity contribution in [3.63, 3.8) is 0 Å². The lowest BCUT2D eigenvalue weighted by molar-refractivity contribution is -0.120. The predicted molar refractivity (Wildman–Crippen MR) is 126 cm³/mol. The third-order valence-electron chi connectivity index (χ3n) is 5.56. The molecule has 1 amide bonds. The molecule has 0 radical (unpaired) electrons. The molecule has 2 aromatic carbocycles. The lowest BCUT2D eigenvalue weighted by Crippen LogP contribution is -2.30. The van der Waals surface area contributed by atoms with Crippen molar-refractivity contribution in [1.29, 1.82) is 0 Å². The SMILES string of the molecule is COc1ccc(CNC(=O)[C@H](C)Sc2nnc(CN3CCCC3)n2-c2ccccc2)cc1. The number of carbonyl (C=O) groups is 1. The van der Waals surface area contributed by atoms with Crippen LogP contribution in [0.5, 0.6) is 5.75 Å². The van der Waals surface area contributed by atoms with Gasteiger partial charge in [0, 0.05) is 12.2 Å². The number of ether oxygens (including phenoxy) is 1. The van der Waals surface area contributed by atoms with Gasteiger partial charge in [-0.15, -0.1) is 10.2 Å². The summed E-state index contributed by atoms with van der Waals surface area (Å²) in [5, 5.41) is 12.4. The standard InChI is InChI=1S/C24H29N5O2S/c1-18(23(30)25-16-19-10-12-21(31-2)13-11-19)32-24-27-26-22(17-28-14-6-7-15-28)29(24)20-8-4-3-5-9-20/h3-5,8-13,18H,6-7,14-17H2,1-2H3,(H,25,30)/t18-/m0/s1. The Bertz CT molecular complexity index is 1020. The second kappa shape index (κ2) is 10.7. The van der Waals surface area contributed by atoms with E-state index in [4.69, 9.17) is 4.74 Å². The molecule has 1 N–H and O–H groups in total. The van der Waals surface area contributed by atoms with Crippen LogP contribution in [0, 0.1) is 0 Å². The molecule has 1 saturated heterocycles. The van der Waals surface area contributed by atoms with Crippen molar-refractivity contribution >= 4 is 17.7 Å². The molecule has 168 valence electrons. The van der Waals surface area contributed by atoms with E-state index in [1.165, 1.54) is 24.6 Å². The molecule has 1 aromatic heterocycles. The van der Waals surface area contributed by atoms with Gasteiger partial charge < -0.3 is 10.1 Å². The van der Waals surface area contributed by atoms with Crippen molar-refractivity contribution in [2.24, 2.45) is 0 Å². The number of methoxy groups -OCH3 is 1. The summed E-state index contributed by atoms with van der Waals surface area (Å²) in [5.74, 6) is 1.68. The Morgan fingerprint density at radius 2 is 1.81 bits per heavy atom. The Kier molecular flexibility index (Phi) is 7.44. The van der Waals surface area contributed by atoms with E-state index in [1.807, 2.05) is 49.4 Å². The van der Waals surface area contributed by atoms with E-state index in [0.717, 1.165) is 47.6 Å². The van der Waals surface area contributed by atoms with Crippen molar-refractivity contribution in [2.45, 2.75) is 43.3 Å². The number of amides is 1. The second-order valence-electron chi connectivity index (χ2n) is 7.88. The molecule has 0 bridgehead atoms. The highest BCUT2D eigenvalue weighted by atomic mass is 32.2. The molecule has 3 aromatic rings. The largest absolute Gasteiger partial charge is 0.497 e. The number of hydrogen-bond acceptors (Lipinski definition) is 6. The van der Waals surface area contributed by atoms with Crippen LogP contribution in [0.2, 0.25) is 0 Å². The van der Waals surface area contributed by atoms with Crippen LogP contribution >= 0.6 is 11.8 Å². The lowest BCUT2D eigenvalue weighted by Gasteiger charge is -2.17. The summed E-state index contributed by atoms with van der Waals surface area (Å²) in [6.07, 6.45) is 2.46. The van der Waals surface area contributed by atoms with Crippen molar-refractivity contribution in [1.82, 2.24) is 25.0 Å². The van der Waals surface area contributed by atoms with E-state index < -0.39 is 0 Å². The smallest absolute Gasteiger partial charge is 0.233 e. The Morgan fingerprint density at radius 1 is 1.09 bits per heavy atom. The first kappa shape index (κ1) is 22.4. The van der Waals surface area contributed by atoms with Gasteiger partial charge in [-0.2, -0.15) is 0 Å². The summed E-state index contributed by atoms with van der Waals surface area (Å²) < 4.78 is 7.26. The van der Waals surface area contributed by atoms with Gasteiger partial charge in [-0.05, 0) is 62.7 Å². The van der Waals surface area contributed by atoms with Crippen molar-refractivity contribution in [3.8, 4) is 11.4 Å². The zero-order chi connectivity index (χ0) is 22.3. The average Bonchev–Trinajstić information content (AvgIpc) is 3.48. The van der Waals surface area contributed by atoms with Crippen molar-refractivity contribution in [3.05, 3.63) is 66.0 Å². The van der Waals surface area contributed by atoms with Gasteiger partial charge >= 0.3 is 0 Å². The molecule has 0 spiro atoms. The van der Waals surface area contributed by atoms with Gasteiger partial charge in [0.05, 0.1) is 18.9 Å². The molecule has 1 atom stereocenters. The molecule has 1 aliphatic heterocycles. The van der Waals surface area contributed by atoms with Crippen molar-refractivity contribution in [2.75, 3.05) is 20.2 Å². The molecule has 0 saturated carbocycles. The van der Waals surface area contributed by atoms with Gasteiger partial charge in [0.25, 0.3) is 0 Å². The summed E-state index contributed by atoms with van der Waals surface area (Å²) >= 11 is 1.43. The molecule has 8 heteroatoms. The van der Waals surface area contributed by atoms with E-state index >= 15 is 0 Å². The van der Waals surface area contributed by atoms with Crippen LogP contribution in [0.3, 0.4) is 0 Å². The molecule has 0 aliphatic carbocycles. The lowest BCUT2D eigenvalue weighted by atomic mass is 10.2. The highest BCUT2D eigenvalue weighted by molar-refractivity contribution is 8.00. The van der Waals surface area contributed by atoms with Crippen molar-refractivity contribution < 1.29 is 9.53 Å². The Hall–Kier alpha value is -2.84. The fraction of sp³-hybridized carbons (Fsp3) is 0.375. The van der Waals surface area contributed by atoms with Crippen LogP contribution in [0.15, 0.2) is 59.8 Å². The first-order valence-corrected chi connectivity index (χ1v) is 11.8. The van der Waals surface area contributed by atoms with Gasteiger partial charge in [0.1, 0.15) is 5.75 Å². The quantitative estimate of drug-likeness (QED) is 0.501. The van der Waals surface area contributed by atoms with E-state index in [-0.39, 0.29) is 11.2 Å². The Balaban J connectivity index is 1.44. The van der Waals surface area contributed by atoms with Gasteiger partial charge in [-0.1, -0.05) is 42.1 Å². The fourth-order valence-corrected chi connectivity index (χ4v) is 4.65. The summed E-state index contributed by atoms with van der Waals surface area (Å²) in [6, 6.07) is 17.8. The zero-order valence-electron chi connectivity index (χ0n) is 18.5. The normalized spacial score (nSPS) is 14.9. The van der Waals surface area contributed by atoms with Gasteiger partial charge in [-0.3, -0.25) is 14.3 Å². The molecule has 4 rings (SSSR count). The minimum absolute atomic E-state index is 0.0328. The van der Waals surface area contributed by atoms with E-state index in [1.54, 1.807) is 7.11 Å². The second-order valence-corrected chi connectivity index (χ2v) is 9.19. The highest BCUT2D eigenvalue weighted by Gasteiger charge is 2.23. The number of carbonyl (C=O) groups excluding carboxylic acids is 1. The third kappa shape index (κ3) is 5.49. The fourth-order valence-electron chi connectivity index (χ4n) is 3.74. The monoisotopic (exact) mass is 451 g/mol. The van der Waals surface area contributed by atoms with E-state index in [2.05, 4.69) is 37.1 Å². The molecular weight excluding hydrogens is 422 g/mol. The summed E-state index contributed by atoms with van der Waals surface area (Å²) in [7, 11) is 1.64. The summed E-state index contributed by atoms with van der Waals surface area (Å²) in [5.41, 5.74) is 2.04. The topological polar surface area (TPSA) is 72.3 Å². The molecule has 0 unspecified atom stereocenters. The molecule has 7 nitrogen and oxygen atoms in total. The molecule has 2 heterocycles. The number of hydrogen-bond donors (Lipinski definition) is 1. The average molecular weight is 452 g/mol. The molecular formula is C24H29N5O2S. The number of rotatable bonds is 9. The number of likely N-dealkylation sites (tertiary alicyclic amines) is 1. The molecule has 32 heavy (non-hydrogen) atoms. The van der Waals surface area contributed by atoms with Gasteiger partial charge in [-0.25, -0.2) is 0 Å². The van der Waals surface area contributed by atoms with Crippen LogP contribution < -0.4 is 10.1 Å². The number of para-hydroxylation sites is 1. The maximum atomic E-state index is 12.8. The third-order valence-corrected chi connectivity index (χ3v) is 6.60. The number of nitrogens with one attached hydrogen (secondary N) is 1. The first-order valence-electron chi connectivity index (χ1n) is 10.9. The first-order chi connectivity index (χ1) is 15.6. The van der Waals surface area contributed by atoms with Gasteiger partial charge in [0.2, 0.25) is 5.91 Å². The minimum atomic E-state index is -0.306. The van der Waals surface area contributed by atoms with Crippen LogP contribution in [-0.2, 0) is 17.9 Å². The van der Waals surface area contributed by atoms with Gasteiger partial charge in [0.15, 0.2) is 11.0 Å². The van der Waals surface area contributed by atoms with Crippen LogP contribution in [0.1, 0.15) is 31.2 Å². The number of benzene rings is 2. The minimum Gasteiger partial charge on any atom is -0.497 e. The van der Waals surface area contributed by atoms with Crippen LogP contribution in [0.25, 0.3) is 5.69 Å². The maximum absolute atomic E-state index is 12.8. The summed E-state index contributed by atoms with van der Waals surface area (Å²) in [6.45, 7) is 5.32. The maximum Gasteiger partial charge on any atom is 0.233 e. The number of aromatic nitrogens is 3. The van der Waals surface area contributed by atoms with E-state index in [9.17, 15) is 4.79 Å². The number of nitrogens with zero attached hydrogens (tertiary/aromatic N) is 4. The highest BCUT2D eigenvalue weighted by Crippen LogP contribution is 2.27. The number of thioether (sulfide) groups is 1. The van der Waals surface area contributed by atoms with E-state index in [0.29, 0.717) is 6.54 Å².